The highest BCUT2D eigenvalue weighted by Crippen LogP contribution is 2.26. The molecule has 0 N–H and O–H groups in total. The molecule has 0 bridgehead atoms. The van der Waals surface area contributed by atoms with Gasteiger partial charge in [-0.1, -0.05) is 48.5 Å². The maximum absolute atomic E-state index is 13.4. The van der Waals surface area contributed by atoms with Crippen LogP contribution in [0.25, 0.3) is 22.0 Å². The number of benzene rings is 3. The van der Waals surface area contributed by atoms with Crippen LogP contribution in [0.5, 0.6) is 0 Å². The van der Waals surface area contributed by atoms with Crippen molar-refractivity contribution in [1.29, 1.82) is 0 Å². The molecule has 0 spiro atoms. The first-order valence-electron chi connectivity index (χ1n) is 8.10. The Morgan fingerprint density at radius 1 is 0.962 bits per heavy atom. The van der Waals surface area contributed by atoms with Crippen molar-refractivity contribution in [3.05, 3.63) is 99.3 Å². The van der Waals surface area contributed by atoms with E-state index in [1.807, 2.05) is 42.5 Å². The lowest BCUT2D eigenvalue weighted by Gasteiger charge is -2.10. The highest BCUT2D eigenvalue weighted by molar-refractivity contribution is 9.10. The van der Waals surface area contributed by atoms with Gasteiger partial charge in [0.15, 0.2) is 0 Å². The molecule has 4 aromatic rings. The Hall–Kier alpha value is -2.79. The molecule has 0 aliphatic carbocycles. The summed E-state index contributed by atoms with van der Waals surface area (Å²) in [5, 5.41) is 2.22. The zero-order valence-electron chi connectivity index (χ0n) is 13.7. The summed E-state index contributed by atoms with van der Waals surface area (Å²) in [6, 6.07) is 20.2. The highest BCUT2D eigenvalue weighted by atomic mass is 79.9. The maximum Gasteiger partial charge on any atom is 0.268 e. The first-order chi connectivity index (χ1) is 12.6. The van der Waals surface area contributed by atoms with Crippen molar-refractivity contribution in [1.82, 2.24) is 9.55 Å². The minimum Gasteiger partial charge on any atom is -0.294 e. The second kappa shape index (κ2) is 6.84. The molecule has 26 heavy (non-hydrogen) atoms. The summed E-state index contributed by atoms with van der Waals surface area (Å²) in [6.07, 6.45) is 1.50. The van der Waals surface area contributed by atoms with Crippen LogP contribution in [-0.4, -0.2) is 9.55 Å². The zero-order chi connectivity index (χ0) is 18.1. The molecule has 0 atom stereocenters. The summed E-state index contributed by atoms with van der Waals surface area (Å²) in [5.41, 5.74) is 1.97. The summed E-state index contributed by atoms with van der Waals surface area (Å²) in [4.78, 5) is 17.2. The third-order valence-corrected chi connectivity index (χ3v) is 4.96. The van der Waals surface area contributed by atoms with Crippen molar-refractivity contribution in [2.75, 3.05) is 0 Å². The summed E-state index contributed by atoms with van der Waals surface area (Å²) in [6.45, 7) is 0.264. The number of aromatic nitrogens is 2. The summed E-state index contributed by atoms with van der Waals surface area (Å²) < 4.78 is 15.2. The van der Waals surface area contributed by atoms with Crippen LogP contribution < -0.4 is 5.56 Å². The van der Waals surface area contributed by atoms with Crippen LogP contribution in [0.4, 0.5) is 4.39 Å². The van der Waals surface area contributed by atoms with Crippen molar-refractivity contribution >= 4 is 26.7 Å². The molecule has 0 unspecified atom stereocenters. The van der Waals surface area contributed by atoms with Gasteiger partial charge < -0.3 is 0 Å². The largest absolute Gasteiger partial charge is 0.294 e. The maximum atomic E-state index is 13.4. The SMILES string of the molecule is O=c1c(Br)c(-c2ccc3ccccc3c2)ncn1Cc1cccc(F)c1. The molecular weight excluding hydrogens is 395 g/mol. The quantitative estimate of drug-likeness (QED) is 0.477. The second-order valence-corrected chi connectivity index (χ2v) is 6.83. The summed E-state index contributed by atoms with van der Waals surface area (Å²) in [5.74, 6) is -0.324. The van der Waals surface area contributed by atoms with Gasteiger partial charge in [-0.3, -0.25) is 9.36 Å². The fourth-order valence-electron chi connectivity index (χ4n) is 2.95. The molecule has 0 radical (unpaired) electrons. The van der Waals surface area contributed by atoms with Gasteiger partial charge in [0, 0.05) is 5.56 Å². The van der Waals surface area contributed by atoms with E-state index in [4.69, 9.17) is 0 Å². The van der Waals surface area contributed by atoms with E-state index in [9.17, 15) is 9.18 Å². The molecule has 4 rings (SSSR count). The first-order valence-corrected chi connectivity index (χ1v) is 8.90. The van der Waals surface area contributed by atoms with Gasteiger partial charge in [0.25, 0.3) is 5.56 Å². The Balaban J connectivity index is 1.74. The lowest BCUT2D eigenvalue weighted by molar-refractivity contribution is 0.622. The molecule has 0 amide bonds. The van der Waals surface area contributed by atoms with Crippen molar-refractivity contribution < 1.29 is 4.39 Å². The van der Waals surface area contributed by atoms with Gasteiger partial charge in [-0.05, 0) is 50.5 Å². The summed E-state index contributed by atoms with van der Waals surface area (Å²) >= 11 is 3.39. The standard InChI is InChI=1S/C21H14BrFN2O/c22-19-20(17-9-8-15-5-1-2-6-16(15)11-17)24-13-25(21(19)26)12-14-4-3-7-18(23)10-14/h1-11,13H,12H2. The molecule has 1 aromatic heterocycles. The number of halogens is 2. The topological polar surface area (TPSA) is 34.9 Å². The first kappa shape index (κ1) is 16.7. The van der Waals surface area contributed by atoms with Crippen LogP contribution in [0.15, 0.2) is 82.3 Å². The Morgan fingerprint density at radius 3 is 2.58 bits per heavy atom. The molecule has 128 valence electrons. The number of hydrogen-bond donors (Lipinski definition) is 0. The van der Waals surface area contributed by atoms with Crippen molar-refractivity contribution in [2.45, 2.75) is 6.54 Å². The molecule has 0 fully saturated rings. The Kier molecular flexibility index (Phi) is 4.39. The molecule has 0 saturated carbocycles. The van der Waals surface area contributed by atoms with Crippen LogP contribution in [0.3, 0.4) is 0 Å². The average molecular weight is 409 g/mol. The van der Waals surface area contributed by atoms with E-state index < -0.39 is 0 Å². The normalized spacial score (nSPS) is 11.0. The van der Waals surface area contributed by atoms with Gasteiger partial charge in [-0.15, -0.1) is 0 Å². The summed E-state index contributed by atoms with van der Waals surface area (Å²) in [7, 11) is 0. The van der Waals surface area contributed by atoms with E-state index in [0.29, 0.717) is 15.7 Å². The van der Waals surface area contributed by atoms with E-state index in [-0.39, 0.29) is 17.9 Å². The van der Waals surface area contributed by atoms with Crippen molar-refractivity contribution in [3.8, 4) is 11.3 Å². The fraction of sp³-hybridized carbons (Fsp3) is 0.0476. The predicted molar refractivity (Wildman–Crippen MR) is 105 cm³/mol. The van der Waals surface area contributed by atoms with Crippen LogP contribution in [0, 0.1) is 5.82 Å². The van der Waals surface area contributed by atoms with Crippen LogP contribution >= 0.6 is 15.9 Å². The van der Waals surface area contributed by atoms with Crippen LogP contribution in [0.1, 0.15) is 5.56 Å². The minimum absolute atomic E-state index is 0.201. The van der Waals surface area contributed by atoms with Gasteiger partial charge in [-0.25, -0.2) is 9.37 Å². The molecule has 0 saturated heterocycles. The number of hydrogen-bond acceptors (Lipinski definition) is 2. The molecule has 0 aliphatic rings. The van der Waals surface area contributed by atoms with E-state index in [2.05, 4.69) is 20.9 Å². The number of nitrogens with zero attached hydrogens (tertiary/aromatic N) is 2. The lowest BCUT2D eigenvalue weighted by Crippen LogP contribution is -2.22. The van der Waals surface area contributed by atoms with Crippen LogP contribution in [0.2, 0.25) is 0 Å². The fourth-order valence-corrected chi connectivity index (χ4v) is 3.51. The van der Waals surface area contributed by atoms with Crippen molar-refractivity contribution in [3.63, 3.8) is 0 Å². The zero-order valence-corrected chi connectivity index (χ0v) is 15.3. The highest BCUT2D eigenvalue weighted by Gasteiger charge is 2.12. The third kappa shape index (κ3) is 3.18. The van der Waals surface area contributed by atoms with Gasteiger partial charge >= 0.3 is 0 Å². The average Bonchev–Trinajstić information content (AvgIpc) is 2.65. The molecular formula is C21H14BrFN2O. The van der Waals surface area contributed by atoms with Crippen molar-refractivity contribution in [2.24, 2.45) is 0 Å². The van der Waals surface area contributed by atoms with Gasteiger partial charge in [0.1, 0.15) is 10.3 Å². The minimum atomic E-state index is -0.324. The molecule has 1 heterocycles. The van der Waals surface area contributed by atoms with Gasteiger partial charge in [0.2, 0.25) is 0 Å². The third-order valence-electron chi connectivity index (χ3n) is 4.25. The van der Waals surface area contributed by atoms with Gasteiger partial charge in [-0.2, -0.15) is 0 Å². The second-order valence-electron chi connectivity index (χ2n) is 6.03. The van der Waals surface area contributed by atoms with E-state index in [1.54, 1.807) is 12.1 Å². The molecule has 0 aliphatic heterocycles. The smallest absolute Gasteiger partial charge is 0.268 e. The van der Waals surface area contributed by atoms with E-state index >= 15 is 0 Å². The Morgan fingerprint density at radius 2 is 1.77 bits per heavy atom. The number of rotatable bonds is 3. The predicted octanol–water partition coefficient (Wildman–Crippen LogP) is 5.01. The van der Waals surface area contributed by atoms with E-state index in [0.717, 1.165) is 16.3 Å². The molecule has 3 nitrogen and oxygen atoms in total. The Bertz CT molecular complexity index is 1170. The lowest BCUT2D eigenvalue weighted by atomic mass is 10.1. The Labute approximate surface area is 157 Å². The molecule has 3 aromatic carbocycles. The number of fused-ring (bicyclic) bond motifs is 1. The van der Waals surface area contributed by atoms with E-state index in [1.165, 1.54) is 23.0 Å². The molecule has 5 heteroatoms. The van der Waals surface area contributed by atoms with Gasteiger partial charge in [0.05, 0.1) is 18.6 Å². The monoisotopic (exact) mass is 408 g/mol. The van der Waals surface area contributed by atoms with Crippen LogP contribution in [-0.2, 0) is 6.54 Å².